The molecule has 12 heteroatoms. The van der Waals surface area contributed by atoms with Gasteiger partial charge < -0.3 is 26.3 Å². The number of nitrogens with one attached hydrogen (secondary N) is 2. The Morgan fingerprint density at radius 3 is 2.43 bits per heavy atom. The summed E-state index contributed by atoms with van der Waals surface area (Å²) in [5.41, 5.74) is 14.3. The van der Waals surface area contributed by atoms with E-state index < -0.39 is 27.9 Å². The molecule has 0 heterocycles. The molecule has 0 aliphatic carbocycles. The Balaban J connectivity index is 1.79. The molecule has 0 aliphatic rings. The van der Waals surface area contributed by atoms with E-state index in [0.29, 0.717) is 28.9 Å². The van der Waals surface area contributed by atoms with E-state index >= 15 is 0 Å². The first-order valence-corrected chi connectivity index (χ1v) is 13.1. The van der Waals surface area contributed by atoms with Gasteiger partial charge >= 0.3 is 5.97 Å². The van der Waals surface area contributed by atoms with Gasteiger partial charge in [0, 0.05) is 6.54 Å². The van der Waals surface area contributed by atoms with Gasteiger partial charge in [-0.25, -0.2) is 13.1 Å². The van der Waals surface area contributed by atoms with Gasteiger partial charge in [-0.2, -0.15) is 0 Å². The zero-order chi connectivity index (χ0) is 27.6. The molecule has 37 heavy (non-hydrogen) atoms. The topological polar surface area (TPSA) is 175 Å². The van der Waals surface area contributed by atoms with Crippen LogP contribution in [0.5, 0.6) is 5.75 Å². The van der Waals surface area contributed by atoms with E-state index in [-0.39, 0.29) is 37.0 Å². The molecule has 0 saturated carbocycles. The fourth-order valence-electron chi connectivity index (χ4n) is 3.59. The van der Waals surface area contributed by atoms with Crippen molar-refractivity contribution in [2.24, 2.45) is 16.5 Å². The molecule has 1 amide bonds. The number of carbonyl (C=O) groups excluding carboxylic acids is 2. The second-order valence-corrected chi connectivity index (χ2v) is 10.1. The van der Waals surface area contributed by atoms with E-state index in [4.69, 9.17) is 20.9 Å². The summed E-state index contributed by atoms with van der Waals surface area (Å²) in [6.45, 7) is 5.11. The molecule has 0 bridgehead atoms. The lowest BCUT2D eigenvalue weighted by molar-refractivity contribution is -0.145. The van der Waals surface area contributed by atoms with Crippen LogP contribution >= 0.6 is 0 Å². The van der Waals surface area contributed by atoms with Gasteiger partial charge in [-0.15, -0.1) is 0 Å². The summed E-state index contributed by atoms with van der Waals surface area (Å²) in [5.74, 6) is -0.756. The van der Waals surface area contributed by atoms with Crippen LogP contribution in [0.15, 0.2) is 46.3 Å². The number of amides is 1. The van der Waals surface area contributed by atoms with Gasteiger partial charge in [0.2, 0.25) is 11.9 Å². The predicted octanol–water partition coefficient (Wildman–Crippen LogP) is 1.18. The summed E-state index contributed by atoms with van der Waals surface area (Å²) in [5, 5.41) is 2.44. The van der Waals surface area contributed by atoms with E-state index in [9.17, 15) is 18.0 Å². The number of methoxy groups -OCH3 is 1. The third-order valence-corrected chi connectivity index (χ3v) is 7.29. The molecule has 2 aromatic rings. The Morgan fingerprint density at radius 2 is 1.78 bits per heavy atom. The lowest BCUT2D eigenvalue weighted by Gasteiger charge is -2.17. The molecule has 6 N–H and O–H groups in total. The van der Waals surface area contributed by atoms with Crippen LogP contribution in [-0.4, -0.2) is 52.5 Å². The number of aliphatic imine (C=N–C) groups is 1. The number of benzene rings is 2. The lowest BCUT2D eigenvalue weighted by Crippen LogP contribution is -2.43. The molecule has 0 aromatic heterocycles. The second-order valence-electron chi connectivity index (χ2n) is 8.46. The van der Waals surface area contributed by atoms with E-state index in [0.717, 1.165) is 5.56 Å². The van der Waals surface area contributed by atoms with Crippen molar-refractivity contribution in [1.82, 2.24) is 10.0 Å². The third-order valence-electron chi connectivity index (χ3n) is 5.65. The fourth-order valence-corrected chi connectivity index (χ4v) is 5.07. The maximum Gasteiger partial charge on any atom is 0.325 e. The third kappa shape index (κ3) is 8.76. The Kier molecular flexibility index (Phi) is 10.9. The predicted molar refractivity (Wildman–Crippen MR) is 140 cm³/mol. The van der Waals surface area contributed by atoms with E-state index in [1.807, 2.05) is 30.3 Å². The summed E-state index contributed by atoms with van der Waals surface area (Å²) in [6, 6.07) is 9.95. The number of sulfonamides is 1. The van der Waals surface area contributed by atoms with Crippen LogP contribution in [0.1, 0.15) is 35.1 Å². The van der Waals surface area contributed by atoms with Gasteiger partial charge in [-0.05, 0) is 61.9 Å². The SMILES string of the molecule is COc1cc(C)c(S(=O)(=O)NC(N)=NCCC[C@H](N)C(=O)NCC(=O)OCc2ccccc2)c(C)c1C. The van der Waals surface area contributed by atoms with Crippen molar-refractivity contribution < 1.29 is 27.5 Å². The molecule has 1 atom stereocenters. The Labute approximate surface area is 217 Å². The zero-order valence-electron chi connectivity index (χ0n) is 21.5. The molecule has 0 fully saturated rings. The summed E-state index contributed by atoms with van der Waals surface area (Å²) in [7, 11) is -2.44. The molecule has 2 rings (SSSR count). The minimum Gasteiger partial charge on any atom is -0.496 e. The van der Waals surface area contributed by atoms with Crippen molar-refractivity contribution in [2.75, 3.05) is 20.2 Å². The van der Waals surface area contributed by atoms with Crippen LogP contribution in [0.2, 0.25) is 0 Å². The van der Waals surface area contributed by atoms with Crippen molar-refractivity contribution in [2.45, 2.75) is 51.2 Å². The molecule has 0 unspecified atom stereocenters. The smallest absolute Gasteiger partial charge is 0.325 e. The molecule has 0 aliphatic heterocycles. The number of carbonyl (C=O) groups is 2. The van der Waals surface area contributed by atoms with Gasteiger partial charge in [0.15, 0.2) is 0 Å². The second kappa shape index (κ2) is 13.6. The lowest BCUT2D eigenvalue weighted by atomic mass is 10.1. The molecular weight excluding hydrogens is 498 g/mol. The van der Waals surface area contributed by atoms with Crippen molar-refractivity contribution in [3.8, 4) is 5.75 Å². The average molecular weight is 534 g/mol. The molecule has 0 radical (unpaired) electrons. The van der Waals surface area contributed by atoms with E-state index in [1.54, 1.807) is 26.8 Å². The molecule has 0 spiro atoms. The van der Waals surface area contributed by atoms with Crippen molar-refractivity contribution >= 4 is 27.9 Å². The number of ether oxygens (including phenoxy) is 2. The van der Waals surface area contributed by atoms with Crippen LogP contribution < -0.4 is 26.2 Å². The monoisotopic (exact) mass is 533 g/mol. The van der Waals surface area contributed by atoms with Gasteiger partial charge in [0.05, 0.1) is 18.0 Å². The maximum atomic E-state index is 12.9. The van der Waals surface area contributed by atoms with Crippen LogP contribution in [-0.2, 0) is 31.0 Å². The number of guanidine groups is 1. The van der Waals surface area contributed by atoms with Gasteiger partial charge in [0.25, 0.3) is 10.0 Å². The number of aryl methyl sites for hydroxylation is 1. The van der Waals surface area contributed by atoms with E-state index in [2.05, 4.69) is 15.0 Å². The Hall–Kier alpha value is -3.64. The Morgan fingerprint density at radius 1 is 1.11 bits per heavy atom. The number of nitrogens with two attached hydrogens (primary N) is 2. The summed E-state index contributed by atoms with van der Waals surface area (Å²) < 4.78 is 38.5. The fraction of sp³-hybridized carbons (Fsp3) is 0.400. The van der Waals surface area contributed by atoms with Crippen molar-refractivity contribution in [1.29, 1.82) is 0 Å². The van der Waals surface area contributed by atoms with Gasteiger partial charge in [-0.1, -0.05) is 30.3 Å². The maximum absolute atomic E-state index is 12.9. The number of nitrogens with zero attached hydrogens (tertiary/aromatic N) is 1. The zero-order valence-corrected chi connectivity index (χ0v) is 22.4. The van der Waals surface area contributed by atoms with E-state index in [1.165, 1.54) is 7.11 Å². The number of hydrogen-bond donors (Lipinski definition) is 4. The number of hydrogen-bond acceptors (Lipinski definition) is 8. The van der Waals surface area contributed by atoms with Gasteiger partial charge in [0.1, 0.15) is 18.9 Å². The summed E-state index contributed by atoms with van der Waals surface area (Å²) in [4.78, 5) is 28.1. The molecule has 202 valence electrons. The average Bonchev–Trinajstić information content (AvgIpc) is 2.86. The summed E-state index contributed by atoms with van der Waals surface area (Å²) >= 11 is 0. The largest absolute Gasteiger partial charge is 0.496 e. The van der Waals surface area contributed by atoms with Crippen LogP contribution in [0, 0.1) is 20.8 Å². The first-order chi connectivity index (χ1) is 17.5. The van der Waals surface area contributed by atoms with Crippen molar-refractivity contribution in [3.05, 3.63) is 58.7 Å². The van der Waals surface area contributed by atoms with Crippen LogP contribution in [0.25, 0.3) is 0 Å². The molecular formula is C25H35N5O6S. The molecule has 0 saturated heterocycles. The van der Waals surface area contributed by atoms with Gasteiger partial charge in [-0.3, -0.25) is 14.6 Å². The number of rotatable bonds is 12. The highest BCUT2D eigenvalue weighted by Gasteiger charge is 2.23. The molecule has 11 nitrogen and oxygen atoms in total. The van der Waals surface area contributed by atoms with Crippen LogP contribution in [0.3, 0.4) is 0 Å². The number of esters is 1. The van der Waals surface area contributed by atoms with Crippen molar-refractivity contribution in [3.63, 3.8) is 0 Å². The highest BCUT2D eigenvalue weighted by atomic mass is 32.2. The minimum absolute atomic E-state index is 0.113. The highest BCUT2D eigenvalue weighted by molar-refractivity contribution is 7.90. The minimum atomic E-state index is -3.97. The first kappa shape index (κ1) is 29.6. The highest BCUT2D eigenvalue weighted by Crippen LogP contribution is 2.30. The summed E-state index contributed by atoms with van der Waals surface area (Å²) in [6.07, 6.45) is 0.624. The Bertz CT molecular complexity index is 1230. The quantitative estimate of drug-likeness (QED) is 0.136. The van der Waals surface area contributed by atoms with Crippen LogP contribution in [0.4, 0.5) is 0 Å². The first-order valence-electron chi connectivity index (χ1n) is 11.7. The molecule has 2 aromatic carbocycles. The standard InChI is InChI=1S/C25H35N5O6S/c1-16-13-21(35-4)17(2)18(3)23(16)37(33,34)30-25(27)28-12-8-11-20(26)24(32)29-14-22(31)36-15-19-9-6-5-7-10-19/h5-7,9-10,13,20H,8,11-12,14-15,26H2,1-4H3,(H,29,32)(H3,27,28,30)/t20-/m0/s1. The normalized spacial score (nSPS) is 12.5.